The van der Waals surface area contributed by atoms with Crippen molar-refractivity contribution in [2.24, 2.45) is 0 Å². The summed E-state index contributed by atoms with van der Waals surface area (Å²) in [5, 5.41) is 8.31. The van der Waals surface area contributed by atoms with Crippen LogP contribution in [0.4, 0.5) is 26.4 Å². The number of aryl methyl sites for hydroxylation is 1. The first-order valence-electron chi connectivity index (χ1n) is 15.2. The SMILES string of the molecule is CCN(C(=O)Nc1ccc(-c2nn([C@H]3CC[C@@H](N4CCN(C)CC4)CC3)c3ncnc(N)c23)cc1F)c1cccc(C)c1. The number of amides is 2. The molecule has 2 amide bonds. The maximum Gasteiger partial charge on any atom is 0.326 e. The van der Waals surface area contributed by atoms with E-state index in [2.05, 4.69) is 32.1 Å². The zero-order valence-corrected chi connectivity index (χ0v) is 25.1. The van der Waals surface area contributed by atoms with E-state index in [4.69, 9.17) is 10.8 Å². The molecule has 1 aliphatic carbocycles. The third kappa shape index (κ3) is 5.92. The molecule has 43 heavy (non-hydrogen) atoms. The van der Waals surface area contributed by atoms with E-state index in [9.17, 15) is 4.79 Å². The van der Waals surface area contributed by atoms with Crippen molar-refractivity contribution in [2.75, 3.05) is 55.7 Å². The van der Waals surface area contributed by atoms with E-state index in [-0.39, 0.29) is 11.7 Å². The summed E-state index contributed by atoms with van der Waals surface area (Å²) in [6.07, 6.45) is 5.65. The Morgan fingerprint density at radius 2 is 1.79 bits per heavy atom. The van der Waals surface area contributed by atoms with Crippen LogP contribution >= 0.6 is 0 Å². The molecule has 3 N–H and O–H groups in total. The van der Waals surface area contributed by atoms with Crippen LogP contribution in [0.2, 0.25) is 0 Å². The van der Waals surface area contributed by atoms with Crippen molar-refractivity contribution in [3.05, 3.63) is 60.2 Å². The minimum atomic E-state index is -0.558. The van der Waals surface area contributed by atoms with E-state index in [0.717, 1.165) is 63.1 Å². The quantitative estimate of drug-likeness (QED) is 0.316. The Morgan fingerprint density at radius 1 is 1.05 bits per heavy atom. The molecule has 0 unspecified atom stereocenters. The molecular formula is C32H40FN9O. The standard InChI is InChI=1S/C32H40FN9O/c1-4-41(25-7-5-6-21(2)18-25)32(43)37-27-13-8-22(19-26(27)33)29-28-30(34)35-20-36-31(28)42(38-29)24-11-9-23(10-12-24)40-16-14-39(3)15-17-40/h5-8,13,18-20,23-24H,4,9-12,14-17H2,1-3H3,(H,37,43)(H2,34,35,36)/t23-,24+. The van der Waals surface area contributed by atoms with Gasteiger partial charge in [0.25, 0.3) is 0 Å². The molecule has 0 spiro atoms. The van der Waals surface area contributed by atoms with Gasteiger partial charge in [-0.15, -0.1) is 0 Å². The molecule has 2 fully saturated rings. The number of nitrogens with one attached hydrogen (secondary N) is 1. The first-order chi connectivity index (χ1) is 20.8. The third-order valence-corrected chi connectivity index (χ3v) is 8.94. The van der Waals surface area contributed by atoms with Gasteiger partial charge in [-0.3, -0.25) is 9.80 Å². The highest BCUT2D eigenvalue weighted by Gasteiger charge is 2.31. The number of nitrogens with two attached hydrogens (primary N) is 1. The fourth-order valence-corrected chi connectivity index (χ4v) is 6.49. The molecule has 1 saturated carbocycles. The van der Waals surface area contributed by atoms with Crippen molar-refractivity contribution in [1.29, 1.82) is 0 Å². The van der Waals surface area contributed by atoms with Gasteiger partial charge in [-0.25, -0.2) is 23.8 Å². The summed E-state index contributed by atoms with van der Waals surface area (Å²) in [5.74, 6) is -0.246. The van der Waals surface area contributed by atoms with Crippen LogP contribution in [0.15, 0.2) is 48.8 Å². The van der Waals surface area contributed by atoms with Crippen molar-refractivity contribution in [1.82, 2.24) is 29.5 Å². The molecule has 0 atom stereocenters. The van der Waals surface area contributed by atoms with Crippen LogP contribution in [-0.2, 0) is 0 Å². The van der Waals surface area contributed by atoms with Crippen LogP contribution in [0.1, 0.15) is 44.2 Å². The summed E-state index contributed by atoms with van der Waals surface area (Å²) in [7, 11) is 2.18. The fourth-order valence-electron chi connectivity index (χ4n) is 6.49. The van der Waals surface area contributed by atoms with E-state index in [0.29, 0.717) is 40.7 Å². The van der Waals surface area contributed by atoms with Gasteiger partial charge in [-0.2, -0.15) is 5.10 Å². The van der Waals surface area contributed by atoms with Crippen LogP contribution in [-0.4, -0.2) is 81.4 Å². The van der Waals surface area contributed by atoms with E-state index in [1.54, 1.807) is 17.0 Å². The zero-order valence-electron chi connectivity index (χ0n) is 25.1. The molecular weight excluding hydrogens is 545 g/mol. The Kier molecular flexibility index (Phi) is 8.27. The lowest BCUT2D eigenvalue weighted by molar-refractivity contribution is 0.0815. The van der Waals surface area contributed by atoms with E-state index in [1.165, 1.54) is 12.4 Å². The molecule has 1 aliphatic heterocycles. The van der Waals surface area contributed by atoms with Crippen LogP contribution in [0.3, 0.4) is 0 Å². The molecule has 2 aromatic heterocycles. The number of urea groups is 1. The molecule has 226 valence electrons. The number of nitrogen functional groups attached to an aromatic ring is 1. The van der Waals surface area contributed by atoms with Gasteiger partial charge in [-0.1, -0.05) is 18.2 Å². The van der Waals surface area contributed by atoms with Gasteiger partial charge in [0.1, 0.15) is 23.7 Å². The van der Waals surface area contributed by atoms with Crippen LogP contribution in [0.25, 0.3) is 22.3 Å². The van der Waals surface area contributed by atoms with Gasteiger partial charge < -0.3 is 16.0 Å². The largest absolute Gasteiger partial charge is 0.383 e. The molecule has 6 rings (SSSR count). The molecule has 1 saturated heterocycles. The second kappa shape index (κ2) is 12.3. The summed E-state index contributed by atoms with van der Waals surface area (Å²) in [6, 6.07) is 12.7. The molecule has 4 aromatic rings. The maximum atomic E-state index is 15.5. The predicted octanol–water partition coefficient (Wildman–Crippen LogP) is 5.31. The van der Waals surface area contributed by atoms with E-state index < -0.39 is 11.8 Å². The fraction of sp³-hybridized carbons (Fsp3) is 0.438. The second-order valence-corrected chi connectivity index (χ2v) is 11.8. The highest BCUT2D eigenvalue weighted by atomic mass is 19.1. The number of rotatable bonds is 6. The minimum absolute atomic E-state index is 0.0926. The number of anilines is 3. The number of likely N-dealkylation sites (N-methyl/N-ethyl adjacent to an activating group) is 1. The van der Waals surface area contributed by atoms with Gasteiger partial charge in [-0.05, 0) is 76.4 Å². The normalized spacial score (nSPS) is 19.9. The number of aromatic nitrogens is 4. The number of carbonyl (C=O) groups is 1. The third-order valence-electron chi connectivity index (χ3n) is 8.94. The molecule has 2 aromatic carbocycles. The molecule has 11 heteroatoms. The summed E-state index contributed by atoms with van der Waals surface area (Å²) in [6.45, 7) is 8.76. The number of halogens is 1. The van der Waals surface area contributed by atoms with Gasteiger partial charge >= 0.3 is 6.03 Å². The molecule has 0 bridgehead atoms. The number of hydrogen-bond acceptors (Lipinski definition) is 7. The van der Waals surface area contributed by atoms with Crippen molar-refractivity contribution < 1.29 is 9.18 Å². The average molecular weight is 586 g/mol. The molecule has 2 aliphatic rings. The summed E-state index contributed by atoms with van der Waals surface area (Å²) >= 11 is 0. The number of carbonyl (C=O) groups excluding carboxylic acids is 1. The summed E-state index contributed by atoms with van der Waals surface area (Å²) in [4.78, 5) is 28.5. The Morgan fingerprint density at radius 3 is 2.49 bits per heavy atom. The molecule has 0 radical (unpaired) electrons. The van der Waals surface area contributed by atoms with Crippen LogP contribution in [0, 0.1) is 12.7 Å². The lowest BCUT2D eigenvalue weighted by Gasteiger charge is -2.41. The van der Waals surface area contributed by atoms with E-state index in [1.807, 2.05) is 42.8 Å². The Labute approximate surface area is 251 Å². The highest BCUT2D eigenvalue weighted by Crippen LogP contribution is 2.37. The smallest absolute Gasteiger partial charge is 0.326 e. The minimum Gasteiger partial charge on any atom is -0.383 e. The first-order valence-corrected chi connectivity index (χ1v) is 15.2. The Hall–Kier alpha value is -4.09. The van der Waals surface area contributed by atoms with Gasteiger partial charge in [0.2, 0.25) is 0 Å². The summed E-state index contributed by atoms with van der Waals surface area (Å²) in [5.41, 5.74) is 9.99. The second-order valence-electron chi connectivity index (χ2n) is 11.8. The maximum absolute atomic E-state index is 15.5. The lowest BCUT2D eigenvalue weighted by atomic mass is 9.90. The van der Waals surface area contributed by atoms with Crippen LogP contribution < -0.4 is 16.0 Å². The summed E-state index contributed by atoms with van der Waals surface area (Å²) < 4.78 is 17.5. The number of fused-ring (bicyclic) bond motifs is 1. The predicted molar refractivity (Wildman–Crippen MR) is 169 cm³/mol. The lowest BCUT2D eigenvalue weighted by Crippen LogP contribution is -2.49. The molecule has 10 nitrogen and oxygen atoms in total. The van der Waals surface area contributed by atoms with Crippen molar-refractivity contribution in [2.45, 2.75) is 51.6 Å². The number of benzene rings is 2. The molecule has 3 heterocycles. The van der Waals surface area contributed by atoms with Gasteiger partial charge in [0.05, 0.1) is 17.1 Å². The van der Waals surface area contributed by atoms with E-state index >= 15 is 4.39 Å². The monoisotopic (exact) mass is 585 g/mol. The Bertz CT molecular complexity index is 1610. The van der Waals surface area contributed by atoms with Gasteiger partial charge in [0, 0.05) is 50.0 Å². The van der Waals surface area contributed by atoms with Crippen molar-refractivity contribution in [3.63, 3.8) is 0 Å². The average Bonchev–Trinajstić information content (AvgIpc) is 3.40. The zero-order chi connectivity index (χ0) is 30.1. The first kappa shape index (κ1) is 29.0. The van der Waals surface area contributed by atoms with Crippen molar-refractivity contribution in [3.8, 4) is 11.3 Å². The topological polar surface area (TPSA) is 108 Å². The number of nitrogens with zero attached hydrogens (tertiary/aromatic N) is 7. The van der Waals surface area contributed by atoms with Gasteiger partial charge in [0.15, 0.2) is 5.65 Å². The van der Waals surface area contributed by atoms with Crippen LogP contribution in [0.5, 0.6) is 0 Å². The van der Waals surface area contributed by atoms with Crippen molar-refractivity contribution >= 4 is 34.3 Å². The number of hydrogen-bond donors (Lipinski definition) is 2. The number of piperazine rings is 1. The Balaban J connectivity index is 1.23. The highest BCUT2D eigenvalue weighted by molar-refractivity contribution is 6.02.